The summed E-state index contributed by atoms with van der Waals surface area (Å²) in [6, 6.07) is 6.25. The van der Waals surface area contributed by atoms with Crippen molar-refractivity contribution in [3.8, 4) is 0 Å². The summed E-state index contributed by atoms with van der Waals surface area (Å²) >= 11 is 1.41. The van der Waals surface area contributed by atoms with Gasteiger partial charge in [-0.25, -0.2) is 0 Å². The highest BCUT2D eigenvalue weighted by Crippen LogP contribution is 2.33. The van der Waals surface area contributed by atoms with E-state index in [0.29, 0.717) is 11.8 Å². The van der Waals surface area contributed by atoms with E-state index in [9.17, 15) is 4.79 Å². The molecule has 0 aliphatic carbocycles. The predicted molar refractivity (Wildman–Crippen MR) is 99.6 cm³/mol. The van der Waals surface area contributed by atoms with E-state index in [1.165, 1.54) is 22.9 Å². The van der Waals surface area contributed by atoms with Crippen LogP contribution in [0.25, 0.3) is 0 Å². The minimum atomic E-state index is -0.256. The lowest BCUT2D eigenvalue weighted by molar-refractivity contribution is -0.115. The third kappa shape index (κ3) is 4.17. The first kappa shape index (κ1) is 18.5. The number of amides is 1. The number of aryl methyl sites for hydroxylation is 1. The number of anilines is 1. The summed E-state index contributed by atoms with van der Waals surface area (Å²) in [5.41, 5.74) is 3.30. The van der Waals surface area contributed by atoms with Gasteiger partial charge < -0.3 is 9.88 Å². The first-order valence-corrected chi connectivity index (χ1v) is 9.13. The van der Waals surface area contributed by atoms with Gasteiger partial charge in [-0.1, -0.05) is 57.7 Å². The molecule has 0 aliphatic heterocycles. The molecule has 0 spiro atoms. The Morgan fingerprint density at radius 2 is 1.71 bits per heavy atom. The maximum atomic E-state index is 12.7. The fraction of sp³-hybridized carbons (Fsp3) is 0.500. The van der Waals surface area contributed by atoms with Crippen molar-refractivity contribution in [2.45, 2.75) is 56.9 Å². The first-order chi connectivity index (χ1) is 11.3. The van der Waals surface area contributed by atoms with Crippen LogP contribution >= 0.6 is 11.8 Å². The highest BCUT2D eigenvalue weighted by Gasteiger charge is 2.21. The molecule has 2 rings (SSSR count). The van der Waals surface area contributed by atoms with Crippen LogP contribution < -0.4 is 5.32 Å². The predicted octanol–water partition coefficient (Wildman–Crippen LogP) is 4.18. The average Bonchev–Trinajstić information content (AvgIpc) is 2.92. The quantitative estimate of drug-likeness (QED) is 0.797. The molecule has 1 N–H and O–H groups in total. The fourth-order valence-electron chi connectivity index (χ4n) is 2.51. The van der Waals surface area contributed by atoms with Gasteiger partial charge in [0.2, 0.25) is 5.91 Å². The molecule has 0 aliphatic rings. The second-order valence-corrected chi connectivity index (χ2v) is 7.90. The van der Waals surface area contributed by atoms with Crippen LogP contribution in [0.1, 0.15) is 57.6 Å². The van der Waals surface area contributed by atoms with E-state index in [-0.39, 0.29) is 11.2 Å². The van der Waals surface area contributed by atoms with Gasteiger partial charge in [0.15, 0.2) is 5.16 Å². The zero-order chi connectivity index (χ0) is 17.9. The molecule has 1 heterocycles. The molecular weight excluding hydrogens is 320 g/mol. The zero-order valence-electron chi connectivity index (χ0n) is 15.2. The van der Waals surface area contributed by atoms with Crippen LogP contribution in [0.15, 0.2) is 29.7 Å². The Kier molecular flexibility index (Phi) is 6.04. The molecule has 0 unspecified atom stereocenters. The van der Waals surface area contributed by atoms with Crippen LogP contribution in [-0.2, 0) is 11.8 Å². The van der Waals surface area contributed by atoms with E-state index in [0.717, 1.165) is 10.8 Å². The lowest BCUT2D eigenvalue weighted by Crippen LogP contribution is -2.24. The van der Waals surface area contributed by atoms with Crippen LogP contribution in [0.2, 0.25) is 0 Å². The Labute approximate surface area is 148 Å². The van der Waals surface area contributed by atoms with Crippen molar-refractivity contribution in [2.75, 3.05) is 5.32 Å². The summed E-state index contributed by atoms with van der Waals surface area (Å²) in [7, 11) is 1.87. The van der Waals surface area contributed by atoms with E-state index >= 15 is 0 Å². The van der Waals surface area contributed by atoms with Crippen LogP contribution in [0, 0.1) is 0 Å². The second-order valence-electron chi connectivity index (χ2n) is 6.59. The topological polar surface area (TPSA) is 59.8 Å². The third-order valence-electron chi connectivity index (χ3n) is 3.94. The number of hydrogen-bond acceptors (Lipinski definition) is 4. The first-order valence-electron chi connectivity index (χ1n) is 8.25. The molecule has 1 amide bonds. The number of hydrogen-bond donors (Lipinski definition) is 1. The number of rotatable bonds is 6. The zero-order valence-corrected chi connectivity index (χ0v) is 16.0. The smallest absolute Gasteiger partial charge is 0.237 e. The highest BCUT2D eigenvalue weighted by molar-refractivity contribution is 8.00. The van der Waals surface area contributed by atoms with Gasteiger partial charge in [-0.2, -0.15) is 0 Å². The number of aromatic nitrogens is 3. The van der Waals surface area contributed by atoms with Crippen molar-refractivity contribution in [3.63, 3.8) is 0 Å². The van der Waals surface area contributed by atoms with E-state index in [4.69, 9.17) is 0 Å². The lowest BCUT2D eigenvalue weighted by atomic mass is 9.92. The molecule has 0 radical (unpaired) electrons. The molecule has 1 aromatic carbocycles. The fourth-order valence-corrected chi connectivity index (χ4v) is 3.30. The maximum Gasteiger partial charge on any atom is 0.237 e. The Hall–Kier alpha value is -1.82. The summed E-state index contributed by atoms with van der Waals surface area (Å²) < 4.78 is 1.82. The molecular formula is C18H26N4OS. The summed E-state index contributed by atoms with van der Waals surface area (Å²) in [5.74, 6) is 0.680. The number of nitrogens with one attached hydrogen (secondary N) is 1. The minimum Gasteiger partial charge on any atom is -0.325 e. The molecule has 1 aromatic heterocycles. The Balaban J connectivity index is 2.23. The Bertz CT molecular complexity index is 683. The van der Waals surface area contributed by atoms with E-state index in [2.05, 4.69) is 61.4 Å². The summed E-state index contributed by atoms with van der Waals surface area (Å²) in [6.45, 7) is 10.5. The molecule has 0 fully saturated rings. The van der Waals surface area contributed by atoms with Crippen molar-refractivity contribution in [3.05, 3.63) is 35.7 Å². The van der Waals surface area contributed by atoms with Gasteiger partial charge in [-0.3, -0.25) is 4.79 Å². The maximum absolute atomic E-state index is 12.7. The van der Waals surface area contributed by atoms with E-state index in [1.807, 2.05) is 18.5 Å². The molecule has 24 heavy (non-hydrogen) atoms. The minimum absolute atomic E-state index is 0.0157. The normalized spacial score (nSPS) is 12.7. The van der Waals surface area contributed by atoms with Crippen molar-refractivity contribution < 1.29 is 4.79 Å². The molecule has 5 nitrogen and oxygen atoms in total. The van der Waals surface area contributed by atoms with Crippen molar-refractivity contribution in [1.29, 1.82) is 0 Å². The van der Waals surface area contributed by atoms with E-state index in [1.54, 1.807) is 6.33 Å². The largest absolute Gasteiger partial charge is 0.325 e. The number of benzene rings is 1. The summed E-state index contributed by atoms with van der Waals surface area (Å²) in [4.78, 5) is 12.7. The molecule has 1 atom stereocenters. The number of carbonyl (C=O) groups excluding carboxylic acids is 1. The lowest BCUT2D eigenvalue weighted by Gasteiger charge is -2.21. The molecule has 0 bridgehead atoms. The number of thioether (sulfide) groups is 1. The van der Waals surface area contributed by atoms with Gasteiger partial charge in [0.05, 0.1) is 5.25 Å². The number of para-hydroxylation sites is 1. The van der Waals surface area contributed by atoms with Gasteiger partial charge in [0.1, 0.15) is 6.33 Å². The third-order valence-corrected chi connectivity index (χ3v) is 5.09. The van der Waals surface area contributed by atoms with E-state index < -0.39 is 0 Å². The molecule has 2 aromatic rings. The summed E-state index contributed by atoms with van der Waals surface area (Å²) in [6.07, 6.45) is 1.64. The molecule has 6 heteroatoms. The Morgan fingerprint density at radius 1 is 1.12 bits per heavy atom. The van der Waals surface area contributed by atoms with Crippen molar-refractivity contribution in [1.82, 2.24) is 14.8 Å². The summed E-state index contributed by atoms with van der Waals surface area (Å²) in [5, 5.41) is 11.5. The SMILES string of the molecule is CC(C)c1cccc(C(C)C)c1NC(=O)[C@@H](C)Sc1nncn1C. The van der Waals surface area contributed by atoms with Crippen LogP contribution in [0.4, 0.5) is 5.69 Å². The molecule has 0 saturated heterocycles. The average molecular weight is 346 g/mol. The second kappa shape index (κ2) is 7.83. The van der Waals surface area contributed by atoms with Crippen LogP contribution in [-0.4, -0.2) is 25.9 Å². The van der Waals surface area contributed by atoms with Gasteiger partial charge in [0, 0.05) is 12.7 Å². The van der Waals surface area contributed by atoms with Crippen LogP contribution in [0.5, 0.6) is 0 Å². The van der Waals surface area contributed by atoms with Gasteiger partial charge in [0.25, 0.3) is 0 Å². The molecule has 0 saturated carbocycles. The van der Waals surface area contributed by atoms with Gasteiger partial charge in [-0.15, -0.1) is 10.2 Å². The monoisotopic (exact) mass is 346 g/mol. The van der Waals surface area contributed by atoms with Crippen molar-refractivity contribution in [2.24, 2.45) is 7.05 Å². The standard InChI is InChI=1S/C18H26N4OS/c1-11(2)14-8-7-9-15(12(3)4)16(14)20-17(23)13(5)24-18-21-19-10-22(18)6/h7-13H,1-6H3,(H,20,23)/t13-/m1/s1. The number of nitrogens with zero attached hydrogens (tertiary/aromatic N) is 3. The number of carbonyl (C=O) groups is 1. The molecule has 130 valence electrons. The van der Waals surface area contributed by atoms with Crippen LogP contribution in [0.3, 0.4) is 0 Å². The highest BCUT2D eigenvalue weighted by atomic mass is 32.2. The van der Waals surface area contributed by atoms with Gasteiger partial charge in [-0.05, 0) is 29.9 Å². The Morgan fingerprint density at radius 3 is 2.17 bits per heavy atom. The van der Waals surface area contributed by atoms with Crippen molar-refractivity contribution >= 4 is 23.4 Å². The van der Waals surface area contributed by atoms with Gasteiger partial charge >= 0.3 is 0 Å².